The van der Waals surface area contributed by atoms with Crippen LogP contribution >= 0.6 is 15.9 Å². The minimum absolute atomic E-state index is 0.110. The second-order valence-electron chi connectivity index (χ2n) is 2.87. The fourth-order valence-corrected chi connectivity index (χ4v) is 1.64. The Balaban J connectivity index is 2.57. The van der Waals surface area contributed by atoms with Crippen molar-refractivity contribution in [1.82, 2.24) is 4.98 Å². The lowest BCUT2D eigenvalue weighted by molar-refractivity contribution is 0.594. The molecule has 1 aromatic carbocycles. The predicted octanol–water partition coefficient (Wildman–Crippen LogP) is 2.56. The van der Waals surface area contributed by atoms with Crippen LogP contribution in [0.4, 0.5) is 6.01 Å². The summed E-state index contributed by atoms with van der Waals surface area (Å²) in [6.45, 7) is 0. The number of hydrogen-bond acceptors (Lipinski definition) is 4. The zero-order chi connectivity index (χ0) is 10.8. The SMILES string of the molecule is N#Cc1ccc(Br)c(-c2cnc(N)o2)c1. The van der Waals surface area contributed by atoms with Gasteiger partial charge in [0.15, 0.2) is 5.76 Å². The fraction of sp³-hybridized carbons (Fsp3) is 0. The van der Waals surface area contributed by atoms with E-state index in [1.54, 1.807) is 18.2 Å². The zero-order valence-corrected chi connectivity index (χ0v) is 9.15. The molecule has 2 aromatic rings. The highest BCUT2D eigenvalue weighted by atomic mass is 79.9. The Hall–Kier alpha value is -1.80. The van der Waals surface area contributed by atoms with Gasteiger partial charge in [0.2, 0.25) is 0 Å². The van der Waals surface area contributed by atoms with E-state index in [4.69, 9.17) is 15.4 Å². The number of benzene rings is 1. The summed E-state index contributed by atoms with van der Waals surface area (Å²) in [5, 5.41) is 8.77. The number of nitrogens with two attached hydrogens (primary N) is 1. The first-order valence-electron chi connectivity index (χ1n) is 4.12. The molecule has 0 unspecified atom stereocenters. The van der Waals surface area contributed by atoms with Crippen molar-refractivity contribution < 1.29 is 4.42 Å². The summed E-state index contributed by atoms with van der Waals surface area (Å²) in [5.74, 6) is 0.538. The van der Waals surface area contributed by atoms with E-state index < -0.39 is 0 Å². The fourth-order valence-electron chi connectivity index (χ4n) is 1.20. The first kappa shape index (κ1) is 9.74. The molecule has 4 nitrogen and oxygen atoms in total. The minimum Gasteiger partial charge on any atom is -0.424 e. The lowest BCUT2D eigenvalue weighted by Crippen LogP contribution is -1.81. The van der Waals surface area contributed by atoms with Gasteiger partial charge in [0.25, 0.3) is 6.01 Å². The normalized spacial score (nSPS) is 9.87. The molecule has 0 aliphatic heterocycles. The summed E-state index contributed by atoms with van der Waals surface area (Å²) in [6.07, 6.45) is 1.52. The topological polar surface area (TPSA) is 75.8 Å². The second kappa shape index (κ2) is 3.75. The van der Waals surface area contributed by atoms with Crippen molar-refractivity contribution in [3.05, 3.63) is 34.4 Å². The van der Waals surface area contributed by atoms with E-state index in [2.05, 4.69) is 27.0 Å². The quantitative estimate of drug-likeness (QED) is 0.858. The molecule has 1 heterocycles. The van der Waals surface area contributed by atoms with Crippen molar-refractivity contribution in [2.75, 3.05) is 5.73 Å². The maximum atomic E-state index is 8.77. The maximum absolute atomic E-state index is 8.77. The lowest BCUT2D eigenvalue weighted by Gasteiger charge is -2.00. The molecule has 0 radical (unpaired) electrons. The zero-order valence-electron chi connectivity index (χ0n) is 7.57. The van der Waals surface area contributed by atoms with Crippen LogP contribution in [-0.4, -0.2) is 4.98 Å². The third kappa shape index (κ3) is 1.85. The standard InChI is InChI=1S/C10H6BrN3O/c11-8-2-1-6(4-12)3-7(8)9-5-14-10(13)15-9/h1-3,5H,(H2,13,14). The molecule has 0 aliphatic carbocycles. The van der Waals surface area contributed by atoms with Gasteiger partial charge in [-0.25, -0.2) is 4.98 Å². The molecular formula is C10H6BrN3O. The van der Waals surface area contributed by atoms with Gasteiger partial charge in [-0.05, 0) is 18.2 Å². The summed E-state index contributed by atoms with van der Waals surface area (Å²) in [5.41, 5.74) is 6.70. The van der Waals surface area contributed by atoms with E-state index in [1.807, 2.05) is 0 Å². The summed E-state index contributed by atoms with van der Waals surface area (Å²) >= 11 is 3.37. The second-order valence-corrected chi connectivity index (χ2v) is 3.72. The van der Waals surface area contributed by atoms with E-state index in [0.29, 0.717) is 11.3 Å². The number of oxazole rings is 1. The van der Waals surface area contributed by atoms with Crippen molar-refractivity contribution in [3.63, 3.8) is 0 Å². The summed E-state index contributed by atoms with van der Waals surface area (Å²) in [7, 11) is 0. The number of nitrogen functional groups attached to an aromatic ring is 1. The Morgan fingerprint density at radius 2 is 2.27 bits per heavy atom. The Bertz CT molecular complexity index is 542. The van der Waals surface area contributed by atoms with Gasteiger partial charge in [0.05, 0.1) is 17.8 Å². The molecular weight excluding hydrogens is 258 g/mol. The number of anilines is 1. The van der Waals surface area contributed by atoms with Crippen molar-refractivity contribution in [2.45, 2.75) is 0 Å². The summed E-state index contributed by atoms with van der Waals surface area (Å²) in [6, 6.07) is 7.38. The van der Waals surface area contributed by atoms with Crippen molar-refractivity contribution in [3.8, 4) is 17.4 Å². The van der Waals surface area contributed by atoms with Gasteiger partial charge in [-0.15, -0.1) is 0 Å². The van der Waals surface area contributed by atoms with Gasteiger partial charge >= 0.3 is 0 Å². The predicted molar refractivity (Wildman–Crippen MR) is 58.8 cm³/mol. The molecule has 2 N–H and O–H groups in total. The molecule has 15 heavy (non-hydrogen) atoms. The van der Waals surface area contributed by atoms with Crippen LogP contribution in [0.3, 0.4) is 0 Å². The molecule has 0 saturated carbocycles. The molecule has 0 atom stereocenters. The molecule has 0 spiro atoms. The highest BCUT2D eigenvalue weighted by Gasteiger charge is 2.09. The molecule has 2 rings (SSSR count). The summed E-state index contributed by atoms with van der Waals surface area (Å²) in [4.78, 5) is 3.80. The van der Waals surface area contributed by atoms with E-state index in [-0.39, 0.29) is 6.01 Å². The first-order chi connectivity index (χ1) is 7.20. The number of hydrogen-bond donors (Lipinski definition) is 1. The van der Waals surface area contributed by atoms with E-state index in [9.17, 15) is 0 Å². The first-order valence-corrected chi connectivity index (χ1v) is 4.91. The van der Waals surface area contributed by atoms with Crippen molar-refractivity contribution in [2.24, 2.45) is 0 Å². The van der Waals surface area contributed by atoms with Gasteiger partial charge in [0.1, 0.15) is 0 Å². The van der Waals surface area contributed by atoms with Crippen molar-refractivity contribution >= 4 is 21.9 Å². The molecule has 74 valence electrons. The minimum atomic E-state index is 0.110. The van der Waals surface area contributed by atoms with Gasteiger partial charge in [0, 0.05) is 10.0 Å². The molecule has 0 amide bonds. The Morgan fingerprint density at radius 1 is 1.47 bits per heavy atom. The van der Waals surface area contributed by atoms with Gasteiger partial charge < -0.3 is 10.2 Å². The third-order valence-electron chi connectivity index (χ3n) is 1.88. The molecule has 0 saturated heterocycles. The van der Waals surface area contributed by atoms with E-state index >= 15 is 0 Å². The molecule has 5 heteroatoms. The monoisotopic (exact) mass is 263 g/mol. The van der Waals surface area contributed by atoms with E-state index in [0.717, 1.165) is 10.0 Å². The van der Waals surface area contributed by atoms with Crippen LogP contribution in [0.2, 0.25) is 0 Å². The van der Waals surface area contributed by atoms with Crippen LogP contribution in [-0.2, 0) is 0 Å². The maximum Gasteiger partial charge on any atom is 0.292 e. The molecule has 1 aromatic heterocycles. The van der Waals surface area contributed by atoms with Crippen LogP contribution in [0, 0.1) is 11.3 Å². The van der Waals surface area contributed by atoms with Crippen LogP contribution in [0.25, 0.3) is 11.3 Å². The largest absolute Gasteiger partial charge is 0.424 e. The van der Waals surface area contributed by atoms with E-state index in [1.165, 1.54) is 6.20 Å². The molecule has 0 fully saturated rings. The number of nitrogens with zero attached hydrogens (tertiary/aromatic N) is 2. The number of aromatic nitrogens is 1. The summed E-state index contributed by atoms with van der Waals surface area (Å²) < 4.78 is 6.01. The van der Waals surface area contributed by atoms with Gasteiger partial charge in [-0.2, -0.15) is 5.26 Å². The lowest BCUT2D eigenvalue weighted by atomic mass is 10.1. The third-order valence-corrected chi connectivity index (χ3v) is 2.58. The Morgan fingerprint density at radius 3 is 2.87 bits per heavy atom. The molecule has 0 bridgehead atoms. The average molecular weight is 264 g/mol. The van der Waals surface area contributed by atoms with Crippen LogP contribution in [0.1, 0.15) is 5.56 Å². The van der Waals surface area contributed by atoms with Gasteiger partial charge in [-0.3, -0.25) is 0 Å². The Kier molecular flexibility index (Phi) is 2.44. The van der Waals surface area contributed by atoms with Gasteiger partial charge in [-0.1, -0.05) is 15.9 Å². The van der Waals surface area contributed by atoms with Crippen molar-refractivity contribution in [1.29, 1.82) is 5.26 Å². The highest BCUT2D eigenvalue weighted by molar-refractivity contribution is 9.10. The van der Waals surface area contributed by atoms with Crippen LogP contribution in [0.15, 0.2) is 33.3 Å². The number of halogens is 1. The number of rotatable bonds is 1. The smallest absolute Gasteiger partial charge is 0.292 e. The Labute approximate surface area is 94.5 Å². The average Bonchev–Trinajstić information content (AvgIpc) is 2.65. The number of nitriles is 1. The van der Waals surface area contributed by atoms with Crippen LogP contribution in [0.5, 0.6) is 0 Å². The highest BCUT2D eigenvalue weighted by Crippen LogP contribution is 2.29. The molecule has 0 aliphatic rings. The van der Waals surface area contributed by atoms with Crippen LogP contribution < -0.4 is 5.73 Å².